The Balaban J connectivity index is 1.70. The molecule has 1 aromatic heterocycles. The predicted molar refractivity (Wildman–Crippen MR) is 82.0 cm³/mol. The van der Waals surface area contributed by atoms with Crippen LogP contribution in [0.15, 0.2) is 30.5 Å². The number of amides is 1. The first kappa shape index (κ1) is 14.1. The van der Waals surface area contributed by atoms with Gasteiger partial charge in [0.05, 0.1) is 18.7 Å². The fourth-order valence-electron chi connectivity index (χ4n) is 2.89. The van der Waals surface area contributed by atoms with E-state index in [-0.39, 0.29) is 11.9 Å². The van der Waals surface area contributed by atoms with Gasteiger partial charge in [-0.15, -0.1) is 0 Å². The van der Waals surface area contributed by atoms with E-state index in [0.29, 0.717) is 13.0 Å². The van der Waals surface area contributed by atoms with Crippen LogP contribution in [-0.2, 0) is 16.0 Å². The molecule has 3 N–H and O–H groups in total. The number of aromatic nitrogens is 1. The van der Waals surface area contributed by atoms with Crippen LogP contribution in [0, 0.1) is 0 Å². The molecule has 1 saturated heterocycles. The molecule has 2 aromatic rings. The Bertz CT molecular complexity index is 631. The van der Waals surface area contributed by atoms with Gasteiger partial charge in [0.25, 0.3) is 0 Å². The minimum atomic E-state index is -0.519. The van der Waals surface area contributed by atoms with Crippen LogP contribution in [0.25, 0.3) is 10.9 Å². The molecule has 3 rings (SSSR count). The summed E-state index contributed by atoms with van der Waals surface area (Å²) in [7, 11) is 1.82. The lowest BCUT2D eigenvalue weighted by atomic mass is 10.0. The molecular formula is C16H21N3O2. The van der Waals surface area contributed by atoms with Gasteiger partial charge in [-0.2, -0.15) is 0 Å². The van der Waals surface area contributed by atoms with Gasteiger partial charge in [0, 0.05) is 30.8 Å². The second-order valence-electron chi connectivity index (χ2n) is 5.64. The summed E-state index contributed by atoms with van der Waals surface area (Å²) < 4.78 is 5.33. The van der Waals surface area contributed by atoms with Crippen molar-refractivity contribution in [1.82, 2.24) is 9.88 Å². The number of rotatable bonds is 4. The van der Waals surface area contributed by atoms with Crippen molar-refractivity contribution < 1.29 is 9.53 Å². The number of nitrogens with one attached hydrogen (secondary N) is 1. The Labute approximate surface area is 124 Å². The summed E-state index contributed by atoms with van der Waals surface area (Å²) in [6.07, 6.45) is 3.37. The number of H-pyrrole nitrogens is 1. The Morgan fingerprint density at radius 3 is 3.10 bits per heavy atom. The zero-order chi connectivity index (χ0) is 14.8. The summed E-state index contributed by atoms with van der Waals surface area (Å²) in [4.78, 5) is 17.4. The summed E-state index contributed by atoms with van der Waals surface area (Å²) in [6, 6.07) is 7.69. The zero-order valence-corrected chi connectivity index (χ0v) is 12.2. The fraction of sp³-hybridized carbons (Fsp3) is 0.438. The minimum absolute atomic E-state index is 0.0178. The van der Waals surface area contributed by atoms with Crippen LogP contribution in [0.3, 0.4) is 0 Å². The largest absolute Gasteiger partial charge is 0.379 e. The lowest BCUT2D eigenvalue weighted by Gasteiger charge is -2.26. The first-order chi connectivity index (χ1) is 10.2. The summed E-state index contributed by atoms with van der Waals surface area (Å²) in [6.45, 7) is 1.34. The quantitative estimate of drug-likeness (QED) is 0.890. The summed E-state index contributed by atoms with van der Waals surface area (Å²) in [5.74, 6) is -0.0178. The molecule has 21 heavy (non-hydrogen) atoms. The van der Waals surface area contributed by atoms with E-state index in [4.69, 9.17) is 10.5 Å². The third-order valence-corrected chi connectivity index (χ3v) is 4.23. The molecule has 1 amide bonds. The maximum atomic E-state index is 12.4. The average molecular weight is 287 g/mol. The number of fused-ring (bicyclic) bond motifs is 1. The van der Waals surface area contributed by atoms with Crippen LogP contribution >= 0.6 is 0 Å². The van der Waals surface area contributed by atoms with Crippen molar-refractivity contribution in [2.75, 3.05) is 20.3 Å². The summed E-state index contributed by atoms with van der Waals surface area (Å²) >= 11 is 0. The maximum absolute atomic E-state index is 12.4. The average Bonchev–Trinajstić information content (AvgIpc) is 3.16. The molecule has 0 radical (unpaired) electrons. The van der Waals surface area contributed by atoms with Crippen molar-refractivity contribution in [3.05, 3.63) is 36.0 Å². The Hall–Kier alpha value is -1.85. The van der Waals surface area contributed by atoms with Gasteiger partial charge < -0.3 is 20.4 Å². The van der Waals surface area contributed by atoms with E-state index in [9.17, 15) is 4.79 Å². The number of hydrogen-bond donors (Lipinski definition) is 2. The highest BCUT2D eigenvalue weighted by Gasteiger charge is 2.27. The SMILES string of the molecule is CN(C(=O)[C@@H](N)Cc1c[nH]c2ccccc12)C1CCOC1. The van der Waals surface area contributed by atoms with Gasteiger partial charge in [-0.3, -0.25) is 4.79 Å². The molecule has 1 unspecified atom stereocenters. The lowest BCUT2D eigenvalue weighted by molar-refractivity contribution is -0.133. The summed E-state index contributed by atoms with van der Waals surface area (Å²) in [5.41, 5.74) is 8.28. The van der Waals surface area contributed by atoms with Crippen LogP contribution in [0.2, 0.25) is 0 Å². The number of nitrogens with zero attached hydrogens (tertiary/aromatic N) is 1. The molecule has 1 aliphatic heterocycles. The molecule has 5 heteroatoms. The monoisotopic (exact) mass is 287 g/mol. The van der Waals surface area contributed by atoms with Crippen LogP contribution in [0.1, 0.15) is 12.0 Å². The highest BCUT2D eigenvalue weighted by atomic mass is 16.5. The highest BCUT2D eigenvalue weighted by Crippen LogP contribution is 2.19. The van der Waals surface area contributed by atoms with E-state index in [0.717, 1.165) is 29.5 Å². The standard InChI is InChI=1S/C16H21N3O2/c1-19(12-6-7-21-10-12)16(20)14(17)8-11-9-18-15-5-3-2-4-13(11)15/h2-5,9,12,14,18H,6-8,10,17H2,1H3/t12?,14-/m0/s1. The number of carbonyl (C=O) groups is 1. The molecule has 0 saturated carbocycles. The van der Waals surface area contributed by atoms with Crippen molar-refractivity contribution in [3.8, 4) is 0 Å². The minimum Gasteiger partial charge on any atom is -0.379 e. The third kappa shape index (κ3) is 2.80. The highest BCUT2D eigenvalue weighted by molar-refractivity contribution is 5.86. The van der Waals surface area contributed by atoms with Gasteiger partial charge in [0.2, 0.25) is 5.91 Å². The first-order valence-electron chi connectivity index (χ1n) is 7.32. The molecule has 2 heterocycles. The second-order valence-corrected chi connectivity index (χ2v) is 5.64. The number of carbonyl (C=O) groups excluding carboxylic acids is 1. The van der Waals surface area contributed by atoms with Crippen molar-refractivity contribution in [1.29, 1.82) is 0 Å². The molecule has 0 bridgehead atoms. The van der Waals surface area contributed by atoms with Crippen molar-refractivity contribution in [2.45, 2.75) is 24.9 Å². The van der Waals surface area contributed by atoms with Gasteiger partial charge in [-0.1, -0.05) is 18.2 Å². The van der Waals surface area contributed by atoms with Crippen LogP contribution < -0.4 is 5.73 Å². The normalized spacial score (nSPS) is 19.8. The second kappa shape index (κ2) is 5.87. The van der Waals surface area contributed by atoms with Crippen LogP contribution in [0.5, 0.6) is 0 Å². The maximum Gasteiger partial charge on any atom is 0.239 e. The molecular weight excluding hydrogens is 266 g/mol. The Morgan fingerprint density at radius 1 is 1.52 bits per heavy atom. The Kier molecular flexibility index (Phi) is 3.94. The van der Waals surface area contributed by atoms with E-state index in [1.165, 1.54) is 0 Å². The number of para-hydroxylation sites is 1. The molecule has 1 aromatic carbocycles. The summed E-state index contributed by atoms with van der Waals surface area (Å²) in [5, 5.41) is 1.13. The van der Waals surface area contributed by atoms with Gasteiger partial charge in [-0.05, 0) is 24.5 Å². The molecule has 1 fully saturated rings. The van der Waals surface area contributed by atoms with Crippen molar-refractivity contribution in [3.63, 3.8) is 0 Å². The zero-order valence-electron chi connectivity index (χ0n) is 12.2. The topological polar surface area (TPSA) is 71.3 Å². The smallest absolute Gasteiger partial charge is 0.239 e. The molecule has 112 valence electrons. The molecule has 0 spiro atoms. The fourth-order valence-corrected chi connectivity index (χ4v) is 2.89. The number of likely N-dealkylation sites (N-methyl/N-ethyl adjacent to an activating group) is 1. The van der Waals surface area contributed by atoms with Crippen LogP contribution in [0.4, 0.5) is 0 Å². The molecule has 0 aliphatic carbocycles. The van der Waals surface area contributed by atoms with E-state index in [1.807, 2.05) is 37.5 Å². The molecule has 1 aliphatic rings. The molecule has 2 atom stereocenters. The predicted octanol–water partition coefficient (Wildman–Crippen LogP) is 1.28. The Morgan fingerprint density at radius 2 is 2.33 bits per heavy atom. The van der Waals surface area contributed by atoms with E-state index in [1.54, 1.807) is 4.90 Å². The lowest BCUT2D eigenvalue weighted by Crippen LogP contribution is -2.47. The van der Waals surface area contributed by atoms with E-state index in [2.05, 4.69) is 4.98 Å². The number of hydrogen-bond acceptors (Lipinski definition) is 3. The van der Waals surface area contributed by atoms with Gasteiger partial charge in [0.1, 0.15) is 0 Å². The number of nitrogens with two attached hydrogens (primary N) is 1. The van der Waals surface area contributed by atoms with Gasteiger partial charge >= 0.3 is 0 Å². The first-order valence-corrected chi connectivity index (χ1v) is 7.32. The van der Waals surface area contributed by atoms with Gasteiger partial charge in [-0.25, -0.2) is 0 Å². The number of ether oxygens (including phenoxy) is 1. The van der Waals surface area contributed by atoms with Crippen molar-refractivity contribution in [2.24, 2.45) is 5.73 Å². The van der Waals surface area contributed by atoms with Crippen molar-refractivity contribution >= 4 is 16.8 Å². The number of aromatic amines is 1. The molecule has 5 nitrogen and oxygen atoms in total. The van der Waals surface area contributed by atoms with Crippen LogP contribution in [-0.4, -0.2) is 48.1 Å². The van der Waals surface area contributed by atoms with Gasteiger partial charge in [0.15, 0.2) is 0 Å². The van der Waals surface area contributed by atoms with E-state index >= 15 is 0 Å². The number of benzene rings is 1. The van der Waals surface area contributed by atoms with E-state index < -0.39 is 6.04 Å². The third-order valence-electron chi connectivity index (χ3n) is 4.23.